The van der Waals surface area contributed by atoms with E-state index in [2.05, 4.69) is 28.5 Å². The number of hydrogen-bond acceptors (Lipinski definition) is 5. The van der Waals surface area contributed by atoms with E-state index >= 15 is 0 Å². The van der Waals surface area contributed by atoms with E-state index in [1.807, 2.05) is 54.3 Å². The summed E-state index contributed by atoms with van der Waals surface area (Å²) in [4.78, 5) is 0.933. The molecule has 0 radical (unpaired) electrons. The normalized spacial score (nSPS) is 15.6. The van der Waals surface area contributed by atoms with Crippen molar-refractivity contribution in [2.75, 3.05) is 6.26 Å². The Hall–Kier alpha value is -1.89. The molecule has 0 aliphatic rings. The minimum absolute atomic E-state index is 0.266. The van der Waals surface area contributed by atoms with Gasteiger partial charge >= 0.3 is 0 Å². The lowest BCUT2D eigenvalue weighted by Crippen LogP contribution is -2.31. The Bertz CT molecular complexity index is 973. The lowest BCUT2D eigenvalue weighted by molar-refractivity contribution is 0.0350. The summed E-state index contributed by atoms with van der Waals surface area (Å²) in [7, 11) is 0. The molecule has 122 valence electrons. The van der Waals surface area contributed by atoms with E-state index in [9.17, 15) is 5.11 Å². The number of thiophene rings is 1. The molecule has 2 heterocycles. The summed E-state index contributed by atoms with van der Waals surface area (Å²) in [6.07, 6.45) is 1.99. The first kappa shape index (κ1) is 15.6. The average molecular weight is 355 g/mol. The van der Waals surface area contributed by atoms with Gasteiger partial charge in [-0.25, -0.2) is 4.68 Å². The second-order valence-corrected chi connectivity index (χ2v) is 7.91. The van der Waals surface area contributed by atoms with Gasteiger partial charge in [0.05, 0.1) is 5.52 Å². The van der Waals surface area contributed by atoms with Crippen LogP contribution in [0.1, 0.15) is 17.2 Å². The van der Waals surface area contributed by atoms with Crippen LogP contribution >= 0.6 is 23.1 Å². The summed E-state index contributed by atoms with van der Waals surface area (Å²) in [5.41, 5.74) is 0.710. The quantitative estimate of drug-likeness (QED) is 0.589. The molecule has 2 atom stereocenters. The molecule has 4 rings (SSSR count). The van der Waals surface area contributed by atoms with Crippen molar-refractivity contribution < 1.29 is 5.11 Å². The Morgan fingerprint density at radius 3 is 2.71 bits per heavy atom. The number of aliphatic hydroxyl groups is 1. The molecule has 0 amide bonds. The van der Waals surface area contributed by atoms with Crippen LogP contribution in [0.5, 0.6) is 0 Å². The van der Waals surface area contributed by atoms with Gasteiger partial charge in [0.15, 0.2) is 0 Å². The third-order valence-corrected chi connectivity index (χ3v) is 6.68. The van der Waals surface area contributed by atoms with Crippen LogP contribution in [-0.4, -0.2) is 26.4 Å². The summed E-state index contributed by atoms with van der Waals surface area (Å²) in [6.45, 7) is 1.86. The van der Waals surface area contributed by atoms with Crippen molar-refractivity contribution in [3.05, 3.63) is 59.5 Å². The molecule has 2 unspecified atom stereocenters. The van der Waals surface area contributed by atoms with Crippen LogP contribution in [0.2, 0.25) is 0 Å². The first-order chi connectivity index (χ1) is 11.6. The molecule has 0 saturated carbocycles. The van der Waals surface area contributed by atoms with Gasteiger partial charge < -0.3 is 5.11 Å². The molecule has 0 bridgehead atoms. The van der Waals surface area contributed by atoms with Crippen molar-refractivity contribution in [3.63, 3.8) is 0 Å². The van der Waals surface area contributed by atoms with Crippen molar-refractivity contribution in [3.8, 4) is 0 Å². The van der Waals surface area contributed by atoms with Gasteiger partial charge in [0.1, 0.15) is 16.5 Å². The standard InChI is InChI=1S/C18H17N3OS2/c1-18(22,16-11-12-7-3-6-10-15(12)24-16)17(23-2)21-14-9-5-4-8-13(14)19-20-21/h3-11,17,22H,1-2H3. The highest BCUT2D eigenvalue weighted by atomic mass is 32.2. The predicted octanol–water partition coefficient (Wildman–Crippen LogP) is 4.42. The van der Waals surface area contributed by atoms with Gasteiger partial charge in [-0.05, 0) is 42.8 Å². The molecule has 0 spiro atoms. The van der Waals surface area contributed by atoms with E-state index in [4.69, 9.17) is 0 Å². The van der Waals surface area contributed by atoms with E-state index in [-0.39, 0.29) is 5.37 Å². The first-order valence-corrected chi connectivity index (χ1v) is 9.76. The van der Waals surface area contributed by atoms with Crippen LogP contribution in [0.4, 0.5) is 0 Å². The fourth-order valence-corrected chi connectivity index (χ4v) is 5.13. The van der Waals surface area contributed by atoms with Crippen molar-refractivity contribution in [2.45, 2.75) is 17.9 Å². The smallest absolute Gasteiger partial charge is 0.133 e. The molecule has 0 aliphatic heterocycles. The molecule has 0 aliphatic carbocycles. The number of hydrogen-bond donors (Lipinski definition) is 1. The van der Waals surface area contributed by atoms with E-state index in [0.29, 0.717) is 0 Å². The maximum Gasteiger partial charge on any atom is 0.133 e. The van der Waals surface area contributed by atoms with Gasteiger partial charge in [0, 0.05) is 9.58 Å². The Labute approximate surface area is 148 Å². The fraction of sp³-hybridized carbons (Fsp3) is 0.222. The van der Waals surface area contributed by atoms with Gasteiger partial charge in [-0.15, -0.1) is 28.2 Å². The number of para-hydroxylation sites is 1. The van der Waals surface area contributed by atoms with Gasteiger partial charge in [0.2, 0.25) is 0 Å². The van der Waals surface area contributed by atoms with Crippen LogP contribution in [0, 0.1) is 0 Å². The molecule has 2 aromatic heterocycles. The maximum absolute atomic E-state index is 11.4. The lowest BCUT2D eigenvalue weighted by Gasteiger charge is -2.31. The number of benzene rings is 2. The fourth-order valence-electron chi connectivity index (χ4n) is 2.98. The Kier molecular flexibility index (Phi) is 3.83. The number of rotatable bonds is 4. The van der Waals surface area contributed by atoms with Crippen LogP contribution in [0.25, 0.3) is 21.1 Å². The second-order valence-electron chi connectivity index (χ2n) is 5.91. The molecule has 24 heavy (non-hydrogen) atoms. The van der Waals surface area contributed by atoms with E-state index in [0.717, 1.165) is 21.3 Å². The summed E-state index contributed by atoms with van der Waals surface area (Å²) in [5, 5.41) is 20.8. The Morgan fingerprint density at radius 2 is 1.92 bits per heavy atom. The number of fused-ring (bicyclic) bond motifs is 2. The van der Waals surface area contributed by atoms with Gasteiger partial charge in [-0.2, -0.15) is 0 Å². The largest absolute Gasteiger partial charge is 0.381 e. The summed E-state index contributed by atoms with van der Waals surface area (Å²) in [5.74, 6) is 0. The van der Waals surface area contributed by atoms with Crippen LogP contribution in [0.15, 0.2) is 54.6 Å². The molecular weight excluding hydrogens is 338 g/mol. The molecule has 1 N–H and O–H groups in total. The predicted molar refractivity (Wildman–Crippen MR) is 101 cm³/mol. The lowest BCUT2D eigenvalue weighted by atomic mass is 10.0. The molecule has 0 fully saturated rings. The summed E-state index contributed by atoms with van der Waals surface area (Å²) >= 11 is 3.20. The maximum atomic E-state index is 11.4. The van der Waals surface area contributed by atoms with Crippen molar-refractivity contribution >= 4 is 44.2 Å². The van der Waals surface area contributed by atoms with E-state index in [1.165, 1.54) is 4.70 Å². The van der Waals surface area contributed by atoms with Crippen LogP contribution in [0.3, 0.4) is 0 Å². The monoisotopic (exact) mass is 355 g/mol. The molecule has 2 aromatic carbocycles. The average Bonchev–Trinajstić information content (AvgIpc) is 3.20. The number of nitrogens with zero attached hydrogens (tertiary/aromatic N) is 3. The highest BCUT2D eigenvalue weighted by Crippen LogP contribution is 2.44. The summed E-state index contributed by atoms with van der Waals surface area (Å²) in [6, 6.07) is 18.1. The minimum Gasteiger partial charge on any atom is -0.381 e. The molecule has 4 nitrogen and oxygen atoms in total. The molecule has 0 saturated heterocycles. The highest BCUT2D eigenvalue weighted by Gasteiger charge is 2.37. The third kappa shape index (κ3) is 2.42. The van der Waals surface area contributed by atoms with Crippen LogP contribution < -0.4 is 0 Å². The van der Waals surface area contributed by atoms with Crippen molar-refractivity contribution in [2.24, 2.45) is 0 Å². The Morgan fingerprint density at radius 1 is 1.17 bits per heavy atom. The van der Waals surface area contributed by atoms with Crippen LogP contribution in [-0.2, 0) is 5.60 Å². The Balaban J connectivity index is 1.83. The first-order valence-electron chi connectivity index (χ1n) is 7.65. The molecular formula is C18H17N3OS2. The van der Waals surface area contributed by atoms with E-state index in [1.54, 1.807) is 23.1 Å². The highest BCUT2D eigenvalue weighted by molar-refractivity contribution is 7.98. The zero-order valence-corrected chi connectivity index (χ0v) is 15.0. The number of thioether (sulfide) groups is 1. The summed E-state index contributed by atoms with van der Waals surface area (Å²) < 4.78 is 3.00. The van der Waals surface area contributed by atoms with Gasteiger partial charge in [0.25, 0.3) is 0 Å². The van der Waals surface area contributed by atoms with Crippen molar-refractivity contribution in [1.29, 1.82) is 0 Å². The minimum atomic E-state index is -1.06. The van der Waals surface area contributed by atoms with Gasteiger partial charge in [-0.3, -0.25) is 0 Å². The second kappa shape index (κ2) is 5.88. The van der Waals surface area contributed by atoms with E-state index < -0.39 is 5.60 Å². The molecule has 4 aromatic rings. The number of aromatic nitrogens is 3. The van der Waals surface area contributed by atoms with Gasteiger partial charge in [-0.1, -0.05) is 35.5 Å². The topological polar surface area (TPSA) is 50.9 Å². The zero-order chi connectivity index (χ0) is 16.7. The zero-order valence-electron chi connectivity index (χ0n) is 13.4. The molecule has 6 heteroatoms. The van der Waals surface area contributed by atoms with Crippen molar-refractivity contribution in [1.82, 2.24) is 15.0 Å². The SMILES string of the molecule is CSC(n1nnc2ccccc21)C(C)(O)c1cc2ccccc2s1. The third-order valence-electron chi connectivity index (χ3n) is 4.23.